The summed E-state index contributed by atoms with van der Waals surface area (Å²) in [5.41, 5.74) is 1.77. The van der Waals surface area contributed by atoms with Crippen molar-refractivity contribution in [2.75, 3.05) is 5.32 Å². The molecule has 0 aliphatic rings. The van der Waals surface area contributed by atoms with Crippen molar-refractivity contribution in [3.63, 3.8) is 0 Å². The van der Waals surface area contributed by atoms with Crippen molar-refractivity contribution in [3.8, 4) is 0 Å². The standard InChI is InChI=1S/C19H13ClF3N5/c20-15-4-2-1-3-12(15)9-28-11-26-16-17(24-10-25-18(16)28)27-14-7-5-13(6-8-14)19(21,22)23/h1-8,10-11H,9H2,(H,24,25,27). The Morgan fingerprint density at radius 1 is 0.964 bits per heavy atom. The molecule has 0 amide bonds. The molecule has 28 heavy (non-hydrogen) atoms. The van der Waals surface area contributed by atoms with E-state index in [1.807, 2.05) is 28.8 Å². The molecule has 0 atom stereocenters. The second-order valence-electron chi connectivity index (χ2n) is 6.06. The van der Waals surface area contributed by atoms with Crippen LogP contribution in [0.2, 0.25) is 5.02 Å². The fourth-order valence-electron chi connectivity index (χ4n) is 2.78. The highest BCUT2D eigenvalue weighted by atomic mass is 35.5. The molecule has 5 nitrogen and oxygen atoms in total. The van der Waals surface area contributed by atoms with Crippen LogP contribution in [0, 0.1) is 0 Å². The molecule has 1 N–H and O–H groups in total. The van der Waals surface area contributed by atoms with Crippen LogP contribution in [0.5, 0.6) is 0 Å². The molecule has 9 heteroatoms. The van der Waals surface area contributed by atoms with Gasteiger partial charge in [-0.2, -0.15) is 13.2 Å². The van der Waals surface area contributed by atoms with Gasteiger partial charge in [0, 0.05) is 10.7 Å². The molecule has 4 rings (SSSR count). The van der Waals surface area contributed by atoms with Crippen molar-refractivity contribution >= 4 is 34.3 Å². The minimum atomic E-state index is -4.38. The van der Waals surface area contributed by atoms with Gasteiger partial charge in [0.2, 0.25) is 0 Å². The second-order valence-corrected chi connectivity index (χ2v) is 6.47. The van der Waals surface area contributed by atoms with E-state index < -0.39 is 11.7 Å². The van der Waals surface area contributed by atoms with E-state index in [9.17, 15) is 13.2 Å². The lowest BCUT2D eigenvalue weighted by atomic mass is 10.2. The maximum Gasteiger partial charge on any atom is 0.416 e. The number of nitrogens with one attached hydrogen (secondary N) is 1. The maximum absolute atomic E-state index is 12.7. The van der Waals surface area contributed by atoms with Crippen molar-refractivity contribution in [1.29, 1.82) is 0 Å². The van der Waals surface area contributed by atoms with Crippen molar-refractivity contribution in [3.05, 3.63) is 77.3 Å². The van der Waals surface area contributed by atoms with Crippen molar-refractivity contribution in [2.45, 2.75) is 12.7 Å². The van der Waals surface area contributed by atoms with Gasteiger partial charge in [0.05, 0.1) is 18.4 Å². The first kappa shape index (κ1) is 18.2. The van der Waals surface area contributed by atoms with Crippen molar-refractivity contribution < 1.29 is 13.2 Å². The average Bonchev–Trinajstić information content (AvgIpc) is 3.07. The van der Waals surface area contributed by atoms with E-state index in [0.29, 0.717) is 34.2 Å². The third kappa shape index (κ3) is 3.63. The first-order chi connectivity index (χ1) is 13.4. The Hall–Kier alpha value is -3.13. The highest BCUT2D eigenvalue weighted by Crippen LogP contribution is 2.31. The minimum Gasteiger partial charge on any atom is -0.338 e. The molecule has 0 spiro atoms. The van der Waals surface area contributed by atoms with E-state index in [0.717, 1.165) is 17.7 Å². The lowest BCUT2D eigenvalue weighted by Crippen LogP contribution is -2.05. The van der Waals surface area contributed by atoms with Gasteiger partial charge in [0.15, 0.2) is 17.0 Å². The predicted octanol–water partition coefficient (Wildman–Crippen LogP) is 5.29. The Balaban J connectivity index is 1.62. The van der Waals surface area contributed by atoms with Crippen molar-refractivity contribution in [2.24, 2.45) is 0 Å². The monoisotopic (exact) mass is 403 g/mol. The summed E-state index contributed by atoms with van der Waals surface area (Å²) >= 11 is 6.22. The molecule has 2 aromatic carbocycles. The Morgan fingerprint density at radius 3 is 2.43 bits per heavy atom. The fourth-order valence-corrected chi connectivity index (χ4v) is 2.97. The first-order valence-electron chi connectivity index (χ1n) is 8.25. The largest absolute Gasteiger partial charge is 0.416 e. The summed E-state index contributed by atoms with van der Waals surface area (Å²) in [6, 6.07) is 12.2. The molecule has 0 aliphatic heterocycles. The van der Waals surface area contributed by atoms with Crippen LogP contribution in [-0.4, -0.2) is 19.5 Å². The number of fused-ring (bicyclic) bond motifs is 1. The number of aromatic nitrogens is 4. The van der Waals surface area contributed by atoms with Gasteiger partial charge in [0.1, 0.15) is 6.33 Å². The average molecular weight is 404 g/mol. The van der Waals surface area contributed by atoms with Crippen LogP contribution in [0.25, 0.3) is 11.2 Å². The molecule has 142 valence electrons. The maximum atomic E-state index is 12.7. The highest BCUT2D eigenvalue weighted by molar-refractivity contribution is 6.31. The zero-order valence-electron chi connectivity index (χ0n) is 14.3. The lowest BCUT2D eigenvalue weighted by molar-refractivity contribution is -0.137. The third-order valence-electron chi connectivity index (χ3n) is 4.17. The number of alkyl halides is 3. The summed E-state index contributed by atoms with van der Waals surface area (Å²) in [5, 5.41) is 3.63. The molecule has 0 unspecified atom stereocenters. The molecule has 0 fully saturated rings. The number of imidazole rings is 1. The predicted molar refractivity (Wildman–Crippen MR) is 101 cm³/mol. The minimum absolute atomic E-state index is 0.405. The van der Waals surface area contributed by atoms with Gasteiger partial charge < -0.3 is 9.88 Å². The SMILES string of the molecule is FC(F)(F)c1ccc(Nc2ncnc3c2ncn3Cc2ccccc2Cl)cc1. The van der Waals surface area contributed by atoms with Crippen LogP contribution in [0.15, 0.2) is 61.2 Å². The molecule has 0 bridgehead atoms. The number of anilines is 2. The summed E-state index contributed by atoms with van der Waals surface area (Å²) in [4.78, 5) is 12.8. The molecule has 0 saturated carbocycles. The number of hydrogen-bond donors (Lipinski definition) is 1. The lowest BCUT2D eigenvalue weighted by Gasteiger charge is -2.09. The van der Waals surface area contributed by atoms with Gasteiger partial charge in [-0.25, -0.2) is 15.0 Å². The first-order valence-corrected chi connectivity index (χ1v) is 8.63. The Labute approximate surface area is 162 Å². The van der Waals surface area contributed by atoms with Crippen molar-refractivity contribution in [1.82, 2.24) is 19.5 Å². The number of benzene rings is 2. The molecule has 2 aromatic heterocycles. The highest BCUT2D eigenvalue weighted by Gasteiger charge is 2.30. The van der Waals surface area contributed by atoms with Gasteiger partial charge in [-0.05, 0) is 35.9 Å². The second kappa shape index (κ2) is 7.12. The number of nitrogens with zero attached hydrogens (tertiary/aromatic N) is 4. The third-order valence-corrected chi connectivity index (χ3v) is 4.54. The van der Waals surface area contributed by atoms with Gasteiger partial charge in [-0.3, -0.25) is 0 Å². The quantitative estimate of drug-likeness (QED) is 0.503. The van der Waals surface area contributed by atoms with E-state index >= 15 is 0 Å². The molecular formula is C19H13ClF3N5. The summed E-state index contributed by atoms with van der Waals surface area (Å²) < 4.78 is 39.9. The molecule has 2 heterocycles. The molecular weight excluding hydrogens is 391 g/mol. The normalized spacial score (nSPS) is 11.7. The topological polar surface area (TPSA) is 55.6 Å². The van der Waals surface area contributed by atoms with E-state index in [1.54, 1.807) is 6.33 Å². The summed E-state index contributed by atoms with van der Waals surface area (Å²) in [7, 11) is 0. The Bertz CT molecular complexity index is 1120. The summed E-state index contributed by atoms with van der Waals surface area (Å²) in [6.45, 7) is 0.479. The zero-order valence-corrected chi connectivity index (χ0v) is 15.0. The van der Waals surface area contributed by atoms with Crippen LogP contribution in [0.1, 0.15) is 11.1 Å². The molecule has 0 saturated heterocycles. The fraction of sp³-hybridized carbons (Fsp3) is 0.105. The van der Waals surface area contributed by atoms with E-state index in [4.69, 9.17) is 11.6 Å². The summed E-state index contributed by atoms with van der Waals surface area (Å²) in [5.74, 6) is 0.405. The van der Waals surface area contributed by atoms with Crippen LogP contribution in [0.4, 0.5) is 24.7 Å². The van der Waals surface area contributed by atoms with Gasteiger partial charge >= 0.3 is 6.18 Å². The number of halogens is 4. The van der Waals surface area contributed by atoms with E-state index in [2.05, 4.69) is 20.3 Å². The van der Waals surface area contributed by atoms with Crippen LogP contribution >= 0.6 is 11.6 Å². The smallest absolute Gasteiger partial charge is 0.338 e. The number of rotatable bonds is 4. The molecule has 0 radical (unpaired) electrons. The van der Waals surface area contributed by atoms with Gasteiger partial charge in [0.25, 0.3) is 0 Å². The Morgan fingerprint density at radius 2 is 1.71 bits per heavy atom. The van der Waals surface area contributed by atoms with Gasteiger partial charge in [-0.1, -0.05) is 29.8 Å². The van der Waals surface area contributed by atoms with Crippen LogP contribution < -0.4 is 5.32 Å². The van der Waals surface area contributed by atoms with E-state index in [-0.39, 0.29) is 0 Å². The summed E-state index contributed by atoms with van der Waals surface area (Å²) in [6.07, 6.45) is -1.38. The molecule has 0 aliphatic carbocycles. The zero-order chi connectivity index (χ0) is 19.7. The van der Waals surface area contributed by atoms with Gasteiger partial charge in [-0.15, -0.1) is 0 Å². The van der Waals surface area contributed by atoms with Crippen LogP contribution in [0.3, 0.4) is 0 Å². The number of hydrogen-bond acceptors (Lipinski definition) is 4. The molecule has 4 aromatic rings. The van der Waals surface area contributed by atoms with Crippen LogP contribution in [-0.2, 0) is 12.7 Å². The Kier molecular flexibility index (Phi) is 4.64. The van der Waals surface area contributed by atoms with E-state index in [1.165, 1.54) is 18.5 Å².